The molecule has 0 aliphatic heterocycles. The summed E-state index contributed by atoms with van der Waals surface area (Å²) in [6.45, 7) is 0.437. The monoisotopic (exact) mass is 166 g/mol. The van der Waals surface area contributed by atoms with Gasteiger partial charge in [0.1, 0.15) is 0 Å². The van der Waals surface area contributed by atoms with Crippen molar-refractivity contribution in [3.05, 3.63) is 35.9 Å². The van der Waals surface area contributed by atoms with Crippen LogP contribution in [-0.2, 0) is 11.3 Å². The van der Waals surface area contributed by atoms with Gasteiger partial charge in [0.05, 0.1) is 6.61 Å². The zero-order valence-corrected chi connectivity index (χ0v) is 7.07. The third-order valence-corrected chi connectivity index (χ3v) is 1.79. The zero-order valence-electron chi connectivity index (χ0n) is 7.07. The quantitative estimate of drug-likeness (QED) is 0.413. The van der Waals surface area contributed by atoms with E-state index in [4.69, 9.17) is 5.26 Å². The molecule has 0 amide bonds. The molecular weight excluding hydrogens is 152 g/mol. The summed E-state index contributed by atoms with van der Waals surface area (Å²) in [4.78, 5) is 3.98. The SMILES string of the molecule is OOCCCCc1ccccc1. The Morgan fingerprint density at radius 2 is 1.83 bits per heavy atom. The summed E-state index contributed by atoms with van der Waals surface area (Å²) in [5.41, 5.74) is 1.34. The van der Waals surface area contributed by atoms with Gasteiger partial charge in [-0.2, -0.15) is 0 Å². The van der Waals surface area contributed by atoms with Gasteiger partial charge >= 0.3 is 0 Å². The van der Waals surface area contributed by atoms with Crippen LogP contribution >= 0.6 is 0 Å². The smallest absolute Gasteiger partial charge is 0.0819 e. The van der Waals surface area contributed by atoms with Crippen molar-refractivity contribution in [3.8, 4) is 0 Å². The Bertz CT molecular complexity index is 196. The molecule has 0 unspecified atom stereocenters. The van der Waals surface area contributed by atoms with Gasteiger partial charge in [-0.3, -0.25) is 5.26 Å². The zero-order chi connectivity index (χ0) is 8.65. The molecule has 1 rings (SSSR count). The van der Waals surface area contributed by atoms with Gasteiger partial charge in [0.25, 0.3) is 0 Å². The van der Waals surface area contributed by atoms with Crippen molar-refractivity contribution in [1.82, 2.24) is 0 Å². The summed E-state index contributed by atoms with van der Waals surface area (Å²) in [7, 11) is 0. The van der Waals surface area contributed by atoms with E-state index in [0.29, 0.717) is 6.61 Å². The summed E-state index contributed by atoms with van der Waals surface area (Å²) in [5, 5.41) is 8.06. The molecule has 0 aliphatic carbocycles. The van der Waals surface area contributed by atoms with E-state index in [-0.39, 0.29) is 0 Å². The first-order chi connectivity index (χ1) is 5.93. The summed E-state index contributed by atoms with van der Waals surface area (Å²) >= 11 is 0. The topological polar surface area (TPSA) is 29.5 Å². The van der Waals surface area contributed by atoms with Crippen LogP contribution in [0.25, 0.3) is 0 Å². The molecule has 0 atom stereocenters. The first-order valence-electron chi connectivity index (χ1n) is 4.24. The number of benzene rings is 1. The molecule has 2 nitrogen and oxygen atoms in total. The van der Waals surface area contributed by atoms with Crippen molar-refractivity contribution in [3.63, 3.8) is 0 Å². The minimum Gasteiger partial charge on any atom is -0.252 e. The lowest BCUT2D eigenvalue weighted by Gasteiger charge is -1.99. The number of rotatable bonds is 5. The fourth-order valence-corrected chi connectivity index (χ4v) is 1.14. The lowest BCUT2D eigenvalue weighted by molar-refractivity contribution is -0.242. The summed E-state index contributed by atoms with van der Waals surface area (Å²) in [6, 6.07) is 10.3. The minimum absolute atomic E-state index is 0.437. The van der Waals surface area contributed by atoms with Crippen LogP contribution in [0.2, 0.25) is 0 Å². The van der Waals surface area contributed by atoms with Crippen LogP contribution in [0, 0.1) is 0 Å². The Labute approximate surface area is 72.7 Å². The van der Waals surface area contributed by atoms with Gasteiger partial charge < -0.3 is 0 Å². The van der Waals surface area contributed by atoms with Crippen LogP contribution in [-0.4, -0.2) is 11.9 Å². The fraction of sp³-hybridized carbons (Fsp3) is 0.400. The maximum Gasteiger partial charge on any atom is 0.0819 e. The molecule has 12 heavy (non-hydrogen) atoms. The molecule has 66 valence electrons. The Hall–Kier alpha value is -0.860. The number of aryl methyl sites for hydroxylation is 1. The molecule has 2 heteroatoms. The van der Waals surface area contributed by atoms with Gasteiger partial charge in [-0.25, -0.2) is 4.89 Å². The first kappa shape index (κ1) is 9.23. The molecule has 0 spiro atoms. The average Bonchev–Trinajstić information content (AvgIpc) is 2.14. The Balaban J connectivity index is 2.16. The molecule has 0 heterocycles. The van der Waals surface area contributed by atoms with E-state index in [9.17, 15) is 0 Å². The average molecular weight is 166 g/mol. The molecule has 1 aromatic carbocycles. The van der Waals surface area contributed by atoms with Crippen LogP contribution < -0.4 is 0 Å². The molecule has 0 bridgehead atoms. The van der Waals surface area contributed by atoms with Crippen molar-refractivity contribution in [1.29, 1.82) is 0 Å². The van der Waals surface area contributed by atoms with Gasteiger partial charge in [-0.1, -0.05) is 30.3 Å². The van der Waals surface area contributed by atoms with E-state index in [2.05, 4.69) is 17.0 Å². The molecule has 1 aromatic rings. The molecule has 0 saturated heterocycles. The van der Waals surface area contributed by atoms with Crippen molar-refractivity contribution in [2.24, 2.45) is 0 Å². The Kier molecular flexibility index (Phi) is 4.42. The van der Waals surface area contributed by atoms with Crippen molar-refractivity contribution >= 4 is 0 Å². The van der Waals surface area contributed by atoms with E-state index in [1.54, 1.807) is 0 Å². The maximum atomic E-state index is 8.06. The molecular formula is C10H14O2. The first-order valence-corrected chi connectivity index (χ1v) is 4.24. The van der Waals surface area contributed by atoms with Crippen LogP contribution in [0.3, 0.4) is 0 Å². The summed E-state index contributed by atoms with van der Waals surface area (Å²) < 4.78 is 0. The van der Waals surface area contributed by atoms with E-state index in [1.165, 1.54) is 5.56 Å². The van der Waals surface area contributed by atoms with Crippen LogP contribution in [0.4, 0.5) is 0 Å². The second-order valence-corrected chi connectivity index (χ2v) is 2.78. The van der Waals surface area contributed by atoms with Crippen molar-refractivity contribution in [2.75, 3.05) is 6.61 Å². The number of hydrogen-bond acceptors (Lipinski definition) is 2. The lowest BCUT2D eigenvalue weighted by Crippen LogP contribution is -1.91. The maximum absolute atomic E-state index is 8.06. The van der Waals surface area contributed by atoms with E-state index in [1.807, 2.05) is 18.2 Å². The third-order valence-electron chi connectivity index (χ3n) is 1.79. The summed E-state index contributed by atoms with van der Waals surface area (Å²) in [5.74, 6) is 0. The fourth-order valence-electron chi connectivity index (χ4n) is 1.14. The predicted octanol–water partition coefficient (Wildman–Crippen LogP) is 2.50. The predicted molar refractivity (Wildman–Crippen MR) is 48.0 cm³/mol. The highest BCUT2D eigenvalue weighted by Crippen LogP contribution is 2.03. The van der Waals surface area contributed by atoms with Gasteiger partial charge in [-0.05, 0) is 24.8 Å². The number of unbranched alkanes of at least 4 members (excludes halogenated alkanes) is 1. The molecule has 0 radical (unpaired) electrons. The molecule has 0 aromatic heterocycles. The largest absolute Gasteiger partial charge is 0.252 e. The van der Waals surface area contributed by atoms with E-state index >= 15 is 0 Å². The Morgan fingerprint density at radius 1 is 1.08 bits per heavy atom. The highest BCUT2D eigenvalue weighted by molar-refractivity contribution is 5.14. The lowest BCUT2D eigenvalue weighted by atomic mass is 10.1. The van der Waals surface area contributed by atoms with Crippen LogP contribution in [0.15, 0.2) is 30.3 Å². The van der Waals surface area contributed by atoms with Crippen molar-refractivity contribution < 1.29 is 10.1 Å². The third kappa shape index (κ3) is 3.51. The van der Waals surface area contributed by atoms with E-state index in [0.717, 1.165) is 19.3 Å². The molecule has 0 aliphatic rings. The molecule has 0 saturated carbocycles. The van der Waals surface area contributed by atoms with Gasteiger partial charge in [0, 0.05) is 0 Å². The molecule has 1 N–H and O–H groups in total. The van der Waals surface area contributed by atoms with Gasteiger partial charge in [0.15, 0.2) is 0 Å². The second-order valence-electron chi connectivity index (χ2n) is 2.78. The summed E-state index contributed by atoms with van der Waals surface area (Å²) in [6.07, 6.45) is 3.03. The van der Waals surface area contributed by atoms with Gasteiger partial charge in [-0.15, -0.1) is 0 Å². The highest BCUT2D eigenvalue weighted by atomic mass is 17.1. The highest BCUT2D eigenvalue weighted by Gasteiger charge is 1.91. The standard InChI is InChI=1S/C10H14O2/c11-12-9-5-4-8-10-6-2-1-3-7-10/h1-3,6-7,11H,4-5,8-9H2. The Morgan fingerprint density at radius 3 is 2.50 bits per heavy atom. The number of hydrogen-bond donors (Lipinski definition) is 1. The second kappa shape index (κ2) is 5.75. The van der Waals surface area contributed by atoms with Gasteiger partial charge in [0.2, 0.25) is 0 Å². The van der Waals surface area contributed by atoms with Crippen LogP contribution in [0.5, 0.6) is 0 Å². The minimum atomic E-state index is 0.437. The van der Waals surface area contributed by atoms with E-state index < -0.39 is 0 Å². The molecule has 0 fully saturated rings. The normalized spacial score (nSPS) is 10.1. The van der Waals surface area contributed by atoms with Crippen molar-refractivity contribution in [2.45, 2.75) is 19.3 Å². The van der Waals surface area contributed by atoms with Crippen LogP contribution in [0.1, 0.15) is 18.4 Å².